The Morgan fingerprint density at radius 1 is 1.17 bits per heavy atom. The Hall–Kier alpha value is -1.88. The molecule has 132 valence electrons. The second kappa shape index (κ2) is 8.29. The fourth-order valence-electron chi connectivity index (χ4n) is 3.17. The molecule has 2 N–H and O–H groups in total. The zero-order valence-electron chi connectivity index (χ0n) is 14.8. The highest BCUT2D eigenvalue weighted by Gasteiger charge is 2.35. The predicted octanol–water partition coefficient (Wildman–Crippen LogP) is 2.37. The molecule has 0 aromatic heterocycles. The Morgan fingerprint density at radius 2 is 1.88 bits per heavy atom. The first-order valence-electron chi connectivity index (χ1n) is 8.59. The second-order valence-electron chi connectivity index (χ2n) is 7.41. The lowest BCUT2D eigenvalue weighted by Gasteiger charge is -2.40. The molecular formula is C19H28N2O3. The molecule has 1 saturated heterocycles. The first-order valence-corrected chi connectivity index (χ1v) is 8.59. The lowest BCUT2D eigenvalue weighted by Crippen LogP contribution is -2.46. The number of carbonyl (C=O) groups is 2. The van der Waals surface area contributed by atoms with Gasteiger partial charge in [0.05, 0.1) is 12.6 Å². The highest BCUT2D eigenvalue weighted by Crippen LogP contribution is 2.33. The molecule has 0 saturated carbocycles. The Bertz CT molecular complexity index is 551. The van der Waals surface area contributed by atoms with Crippen molar-refractivity contribution in [3.8, 4) is 0 Å². The van der Waals surface area contributed by atoms with Crippen LogP contribution in [-0.4, -0.2) is 37.6 Å². The highest BCUT2D eigenvalue weighted by molar-refractivity contribution is 5.96. The Balaban J connectivity index is 1.77. The second-order valence-corrected chi connectivity index (χ2v) is 7.41. The van der Waals surface area contributed by atoms with Gasteiger partial charge in [-0.3, -0.25) is 9.59 Å². The summed E-state index contributed by atoms with van der Waals surface area (Å²) in [6, 6.07) is 8.89. The summed E-state index contributed by atoms with van der Waals surface area (Å²) in [6.07, 6.45) is 2.22. The average molecular weight is 332 g/mol. The summed E-state index contributed by atoms with van der Waals surface area (Å²) in [5.41, 5.74) is 0.607. The maximum Gasteiger partial charge on any atom is 0.251 e. The molecule has 0 spiro atoms. The van der Waals surface area contributed by atoms with Crippen LogP contribution in [0.3, 0.4) is 0 Å². The molecule has 2 amide bonds. The minimum absolute atomic E-state index is 0.0124. The minimum atomic E-state index is -0.237. The number of amides is 2. The number of hydrogen-bond donors (Lipinski definition) is 2. The largest absolute Gasteiger partial charge is 0.377 e. The van der Waals surface area contributed by atoms with Gasteiger partial charge in [0, 0.05) is 24.6 Å². The van der Waals surface area contributed by atoms with E-state index in [9.17, 15) is 9.59 Å². The maximum absolute atomic E-state index is 12.0. The Morgan fingerprint density at radius 3 is 2.54 bits per heavy atom. The number of rotatable bonds is 5. The van der Waals surface area contributed by atoms with E-state index in [-0.39, 0.29) is 29.9 Å². The van der Waals surface area contributed by atoms with Crippen molar-refractivity contribution in [3.05, 3.63) is 35.9 Å². The standard InChI is InChI=1S/C19H28N2O3/c1-19(2,3)17-15(10-7-11-24-17)12-20-16(22)13-21-18(23)14-8-5-4-6-9-14/h4-6,8-9,15,17H,7,10-13H2,1-3H3,(H,20,22)(H,21,23)/t15-,17+/m0/s1. The van der Waals surface area contributed by atoms with E-state index < -0.39 is 0 Å². The molecule has 5 heteroatoms. The fraction of sp³-hybridized carbons (Fsp3) is 0.579. The van der Waals surface area contributed by atoms with Gasteiger partial charge in [0.15, 0.2) is 0 Å². The molecule has 1 aromatic carbocycles. The van der Waals surface area contributed by atoms with E-state index in [4.69, 9.17) is 4.74 Å². The summed E-state index contributed by atoms with van der Waals surface area (Å²) in [4.78, 5) is 23.9. The van der Waals surface area contributed by atoms with Gasteiger partial charge >= 0.3 is 0 Å². The van der Waals surface area contributed by atoms with Gasteiger partial charge in [-0.25, -0.2) is 0 Å². The van der Waals surface area contributed by atoms with Crippen molar-refractivity contribution in [3.63, 3.8) is 0 Å². The zero-order chi connectivity index (χ0) is 17.6. The lowest BCUT2D eigenvalue weighted by atomic mass is 9.78. The molecule has 1 aliphatic heterocycles. The van der Waals surface area contributed by atoms with E-state index in [1.165, 1.54) is 0 Å². The van der Waals surface area contributed by atoms with Crippen molar-refractivity contribution in [2.75, 3.05) is 19.7 Å². The van der Waals surface area contributed by atoms with Crippen molar-refractivity contribution in [1.82, 2.24) is 10.6 Å². The number of carbonyl (C=O) groups excluding carboxylic acids is 2. The number of hydrogen-bond acceptors (Lipinski definition) is 3. The normalized spacial score (nSPS) is 21.1. The Kier molecular flexibility index (Phi) is 6.37. The van der Waals surface area contributed by atoms with Crippen LogP contribution in [0, 0.1) is 11.3 Å². The predicted molar refractivity (Wildman–Crippen MR) is 93.7 cm³/mol. The molecule has 24 heavy (non-hydrogen) atoms. The molecule has 5 nitrogen and oxygen atoms in total. The molecule has 1 aromatic rings. The molecule has 1 fully saturated rings. The smallest absolute Gasteiger partial charge is 0.251 e. The van der Waals surface area contributed by atoms with Crippen molar-refractivity contribution in [2.45, 2.75) is 39.7 Å². The van der Waals surface area contributed by atoms with E-state index >= 15 is 0 Å². The molecule has 2 atom stereocenters. The number of benzene rings is 1. The molecule has 1 heterocycles. The molecule has 0 radical (unpaired) electrons. The Labute approximate surface area is 144 Å². The summed E-state index contributed by atoms with van der Waals surface area (Å²) < 4.78 is 5.92. The molecule has 0 bridgehead atoms. The molecule has 0 aliphatic carbocycles. The van der Waals surface area contributed by atoms with Crippen molar-refractivity contribution in [1.29, 1.82) is 0 Å². The van der Waals surface area contributed by atoms with Crippen LogP contribution in [0.4, 0.5) is 0 Å². The van der Waals surface area contributed by atoms with E-state index in [0.29, 0.717) is 18.0 Å². The van der Waals surface area contributed by atoms with Crippen LogP contribution in [0.25, 0.3) is 0 Å². The van der Waals surface area contributed by atoms with E-state index in [1.54, 1.807) is 24.3 Å². The van der Waals surface area contributed by atoms with Crippen LogP contribution < -0.4 is 10.6 Å². The molecule has 2 rings (SSSR count). The van der Waals surface area contributed by atoms with Gasteiger partial charge in [-0.2, -0.15) is 0 Å². The molecule has 1 aliphatic rings. The monoisotopic (exact) mass is 332 g/mol. The summed E-state index contributed by atoms with van der Waals surface area (Å²) in [7, 11) is 0. The fourth-order valence-corrected chi connectivity index (χ4v) is 3.17. The van der Waals surface area contributed by atoms with E-state index in [2.05, 4.69) is 31.4 Å². The van der Waals surface area contributed by atoms with Crippen molar-refractivity contribution < 1.29 is 14.3 Å². The van der Waals surface area contributed by atoms with Gasteiger partial charge < -0.3 is 15.4 Å². The number of ether oxygens (including phenoxy) is 1. The van der Waals surface area contributed by atoms with Crippen LogP contribution in [0.1, 0.15) is 44.0 Å². The van der Waals surface area contributed by atoms with Gasteiger partial charge in [0.25, 0.3) is 5.91 Å². The summed E-state index contributed by atoms with van der Waals surface area (Å²) in [6.45, 7) is 7.86. The van der Waals surface area contributed by atoms with E-state index in [0.717, 1.165) is 19.4 Å². The summed E-state index contributed by atoms with van der Waals surface area (Å²) in [5, 5.41) is 5.57. The number of nitrogens with one attached hydrogen (secondary N) is 2. The minimum Gasteiger partial charge on any atom is -0.377 e. The third-order valence-electron chi connectivity index (χ3n) is 4.31. The summed E-state index contributed by atoms with van der Waals surface area (Å²) in [5.74, 6) is -0.0932. The van der Waals surface area contributed by atoms with Crippen LogP contribution >= 0.6 is 0 Å². The van der Waals surface area contributed by atoms with Crippen LogP contribution in [-0.2, 0) is 9.53 Å². The third-order valence-corrected chi connectivity index (χ3v) is 4.31. The first-order chi connectivity index (χ1) is 11.4. The van der Waals surface area contributed by atoms with Gasteiger partial charge in [0.1, 0.15) is 0 Å². The topological polar surface area (TPSA) is 67.4 Å². The maximum atomic E-state index is 12.0. The molecule has 0 unspecified atom stereocenters. The SMILES string of the molecule is CC(C)(C)[C@@H]1OCCC[C@H]1CNC(=O)CNC(=O)c1ccccc1. The first kappa shape index (κ1) is 18.5. The zero-order valence-corrected chi connectivity index (χ0v) is 14.8. The quantitative estimate of drug-likeness (QED) is 0.870. The summed E-state index contributed by atoms with van der Waals surface area (Å²) >= 11 is 0. The van der Waals surface area contributed by atoms with E-state index in [1.807, 2.05) is 6.07 Å². The van der Waals surface area contributed by atoms with Crippen LogP contribution in [0.15, 0.2) is 30.3 Å². The average Bonchev–Trinajstić information content (AvgIpc) is 2.58. The molecular weight excluding hydrogens is 304 g/mol. The van der Waals surface area contributed by atoms with Gasteiger partial charge in [-0.1, -0.05) is 39.0 Å². The van der Waals surface area contributed by atoms with Gasteiger partial charge in [-0.15, -0.1) is 0 Å². The van der Waals surface area contributed by atoms with Gasteiger partial charge in [0.2, 0.25) is 5.91 Å². The van der Waals surface area contributed by atoms with Crippen molar-refractivity contribution >= 4 is 11.8 Å². The van der Waals surface area contributed by atoms with Crippen molar-refractivity contribution in [2.24, 2.45) is 11.3 Å². The van der Waals surface area contributed by atoms with Crippen LogP contribution in [0.5, 0.6) is 0 Å². The van der Waals surface area contributed by atoms with Gasteiger partial charge in [-0.05, 0) is 30.4 Å². The van der Waals surface area contributed by atoms with Crippen LogP contribution in [0.2, 0.25) is 0 Å². The lowest BCUT2D eigenvalue weighted by molar-refractivity contribution is -0.122. The third kappa shape index (κ3) is 5.34. The highest BCUT2D eigenvalue weighted by atomic mass is 16.5.